The van der Waals surface area contributed by atoms with Crippen molar-refractivity contribution in [3.63, 3.8) is 0 Å². The van der Waals surface area contributed by atoms with Gasteiger partial charge in [-0.25, -0.2) is 4.79 Å². The lowest BCUT2D eigenvalue weighted by Crippen LogP contribution is -2.48. The molecule has 0 aliphatic heterocycles. The molecule has 0 bridgehead atoms. The largest absolute Gasteiger partial charge is 0.481 e. The van der Waals surface area contributed by atoms with Gasteiger partial charge in [0.2, 0.25) is 0 Å². The average Bonchev–Trinajstić information content (AvgIpc) is 2.31. The van der Waals surface area contributed by atoms with Gasteiger partial charge >= 0.3 is 12.0 Å². The Balaban J connectivity index is 1.98. The molecule has 2 amide bonds. The topological polar surface area (TPSA) is 78.4 Å². The molecule has 114 valence electrons. The first-order valence-corrected chi connectivity index (χ1v) is 7.68. The molecule has 5 nitrogen and oxygen atoms in total. The summed E-state index contributed by atoms with van der Waals surface area (Å²) >= 11 is 3.43. The maximum absolute atomic E-state index is 12.0. The lowest BCUT2D eigenvalue weighted by molar-refractivity contribution is -0.153. The first-order valence-electron chi connectivity index (χ1n) is 6.89. The highest BCUT2D eigenvalue weighted by molar-refractivity contribution is 9.10. The number of nitrogens with one attached hydrogen (secondary N) is 2. The normalized spacial score (nSPS) is 16.0. The van der Waals surface area contributed by atoms with Gasteiger partial charge in [0.05, 0.1) is 11.1 Å². The van der Waals surface area contributed by atoms with E-state index in [0.29, 0.717) is 18.5 Å². The van der Waals surface area contributed by atoms with Gasteiger partial charge in [-0.2, -0.15) is 0 Å². The fourth-order valence-electron chi connectivity index (χ4n) is 2.55. The summed E-state index contributed by atoms with van der Waals surface area (Å²) in [5, 5.41) is 14.7. The highest BCUT2D eigenvalue weighted by Gasteiger charge is 2.44. The van der Waals surface area contributed by atoms with Crippen LogP contribution in [-0.4, -0.2) is 23.7 Å². The van der Waals surface area contributed by atoms with Crippen molar-refractivity contribution in [3.8, 4) is 0 Å². The van der Waals surface area contributed by atoms with Crippen molar-refractivity contribution in [1.82, 2.24) is 5.32 Å². The van der Waals surface area contributed by atoms with E-state index in [0.717, 1.165) is 22.0 Å². The Hall–Kier alpha value is -1.56. The molecule has 6 heteroatoms. The maximum Gasteiger partial charge on any atom is 0.319 e. The molecule has 2 rings (SSSR count). The minimum atomic E-state index is -0.832. The summed E-state index contributed by atoms with van der Waals surface area (Å²) in [6, 6.07) is 3.52. The van der Waals surface area contributed by atoms with Gasteiger partial charge in [0.25, 0.3) is 0 Å². The summed E-state index contributed by atoms with van der Waals surface area (Å²) in [4.78, 5) is 23.2. The number of aryl methyl sites for hydroxylation is 2. The van der Waals surface area contributed by atoms with E-state index in [4.69, 9.17) is 0 Å². The van der Waals surface area contributed by atoms with E-state index in [2.05, 4.69) is 26.6 Å². The number of hydrogen-bond acceptors (Lipinski definition) is 2. The van der Waals surface area contributed by atoms with Crippen molar-refractivity contribution < 1.29 is 14.7 Å². The molecular weight excluding hydrogens is 336 g/mol. The number of carboxylic acids is 1. The molecule has 1 aromatic rings. The van der Waals surface area contributed by atoms with Crippen LogP contribution in [0.2, 0.25) is 0 Å². The van der Waals surface area contributed by atoms with E-state index in [-0.39, 0.29) is 12.6 Å². The van der Waals surface area contributed by atoms with Gasteiger partial charge in [-0.15, -0.1) is 0 Å². The number of rotatable bonds is 4. The predicted octanol–water partition coefficient (Wildman–Crippen LogP) is 3.44. The third kappa shape index (κ3) is 3.37. The first-order chi connectivity index (χ1) is 9.84. The van der Waals surface area contributed by atoms with Crippen molar-refractivity contribution in [3.05, 3.63) is 27.7 Å². The maximum atomic E-state index is 12.0. The minimum Gasteiger partial charge on any atom is -0.481 e. The number of aliphatic carboxylic acids is 1. The Morgan fingerprint density at radius 3 is 2.48 bits per heavy atom. The number of benzene rings is 1. The Morgan fingerprint density at radius 2 is 2.00 bits per heavy atom. The standard InChI is InChI=1S/C15H19BrN2O3/c1-9-6-10(2)12(11(16)7-9)18-14(21)17-8-15(13(19)20)4-3-5-15/h6-7H,3-5,8H2,1-2H3,(H,19,20)(H2,17,18,21). The number of hydrogen-bond donors (Lipinski definition) is 3. The minimum absolute atomic E-state index is 0.163. The van der Waals surface area contributed by atoms with Gasteiger partial charge in [-0.1, -0.05) is 12.5 Å². The van der Waals surface area contributed by atoms with Crippen molar-refractivity contribution in [2.45, 2.75) is 33.1 Å². The molecule has 1 aliphatic carbocycles. The monoisotopic (exact) mass is 354 g/mol. The number of carbonyl (C=O) groups is 2. The smallest absolute Gasteiger partial charge is 0.319 e. The molecule has 0 radical (unpaired) electrons. The third-order valence-corrected chi connectivity index (χ3v) is 4.65. The lowest BCUT2D eigenvalue weighted by Gasteiger charge is -2.37. The molecule has 1 saturated carbocycles. The Kier molecular flexibility index (Phi) is 4.56. The van der Waals surface area contributed by atoms with Crippen LogP contribution in [0.5, 0.6) is 0 Å². The average molecular weight is 355 g/mol. The van der Waals surface area contributed by atoms with Crippen LogP contribution >= 0.6 is 15.9 Å². The zero-order valence-electron chi connectivity index (χ0n) is 12.1. The fourth-order valence-corrected chi connectivity index (χ4v) is 3.32. The van der Waals surface area contributed by atoms with Crippen molar-refractivity contribution in [2.75, 3.05) is 11.9 Å². The summed E-state index contributed by atoms with van der Waals surface area (Å²) in [5.41, 5.74) is 1.98. The van der Waals surface area contributed by atoms with Gasteiger partial charge in [-0.3, -0.25) is 4.79 Å². The molecule has 0 spiro atoms. The summed E-state index contributed by atoms with van der Waals surface area (Å²) in [7, 11) is 0. The van der Waals surface area contributed by atoms with E-state index in [1.54, 1.807) is 0 Å². The number of anilines is 1. The van der Waals surface area contributed by atoms with Crippen LogP contribution in [0, 0.1) is 19.3 Å². The highest BCUT2D eigenvalue weighted by Crippen LogP contribution is 2.40. The Morgan fingerprint density at radius 1 is 1.33 bits per heavy atom. The molecular formula is C15H19BrN2O3. The molecule has 0 heterocycles. The molecule has 0 saturated heterocycles. The lowest BCUT2D eigenvalue weighted by atomic mass is 9.69. The third-order valence-electron chi connectivity index (χ3n) is 4.02. The van der Waals surface area contributed by atoms with Crippen molar-refractivity contribution >= 4 is 33.6 Å². The summed E-state index contributed by atoms with van der Waals surface area (Å²) < 4.78 is 0.812. The van der Waals surface area contributed by atoms with Crippen LogP contribution in [0.15, 0.2) is 16.6 Å². The summed E-state index contributed by atoms with van der Waals surface area (Å²) in [6.07, 6.45) is 2.14. The predicted molar refractivity (Wildman–Crippen MR) is 84.6 cm³/mol. The number of urea groups is 1. The summed E-state index contributed by atoms with van der Waals surface area (Å²) in [5.74, 6) is -0.832. The van der Waals surface area contributed by atoms with E-state index >= 15 is 0 Å². The van der Waals surface area contributed by atoms with Crippen LogP contribution in [-0.2, 0) is 4.79 Å². The second kappa shape index (κ2) is 6.05. The molecule has 0 unspecified atom stereocenters. The van der Waals surface area contributed by atoms with E-state index in [9.17, 15) is 14.7 Å². The molecule has 21 heavy (non-hydrogen) atoms. The molecule has 1 aliphatic rings. The van der Waals surface area contributed by atoms with E-state index in [1.165, 1.54) is 0 Å². The molecule has 0 atom stereocenters. The van der Waals surface area contributed by atoms with E-state index < -0.39 is 11.4 Å². The van der Waals surface area contributed by atoms with Gasteiger partial charge in [0.15, 0.2) is 0 Å². The first kappa shape index (κ1) is 15.8. The molecule has 1 fully saturated rings. The number of halogens is 1. The summed E-state index contributed by atoms with van der Waals surface area (Å²) in [6.45, 7) is 4.06. The Bertz CT molecular complexity index is 559. The Labute approximate surface area is 132 Å². The van der Waals surface area contributed by atoms with E-state index in [1.807, 2.05) is 26.0 Å². The number of carbonyl (C=O) groups excluding carboxylic acids is 1. The number of amides is 2. The van der Waals surface area contributed by atoms with Crippen LogP contribution < -0.4 is 10.6 Å². The van der Waals surface area contributed by atoms with Gasteiger partial charge in [-0.05, 0) is 59.8 Å². The van der Waals surface area contributed by atoms with Crippen LogP contribution in [0.25, 0.3) is 0 Å². The van der Waals surface area contributed by atoms with Crippen LogP contribution in [0.3, 0.4) is 0 Å². The quantitative estimate of drug-likeness (QED) is 0.774. The van der Waals surface area contributed by atoms with Crippen LogP contribution in [0.4, 0.5) is 10.5 Å². The zero-order valence-corrected chi connectivity index (χ0v) is 13.7. The highest BCUT2D eigenvalue weighted by atomic mass is 79.9. The fraction of sp³-hybridized carbons (Fsp3) is 0.467. The van der Waals surface area contributed by atoms with Gasteiger partial charge in [0.1, 0.15) is 0 Å². The second-order valence-electron chi connectivity index (χ2n) is 5.69. The van der Waals surface area contributed by atoms with Crippen molar-refractivity contribution in [1.29, 1.82) is 0 Å². The number of carboxylic acid groups (broad SMARTS) is 1. The molecule has 0 aromatic heterocycles. The SMILES string of the molecule is Cc1cc(C)c(NC(=O)NCC2(C(=O)O)CCC2)c(Br)c1. The molecule has 3 N–H and O–H groups in total. The van der Waals surface area contributed by atoms with Crippen LogP contribution in [0.1, 0.15) is 30.4 Å². The zero-order chi connectivity index (χ0) is 15.6. The van der Waals surface area contributed by atoms with Gasteiger partial charge in [0, 0.05) is 11.0 Å². The van der Waals surface area contributed by atoms with Gasteiger partial charge < -0.3 is 15.7 Å². The van der Waals surface area contributed by atoms with Crippen molar-refractivity contribution in [2.24, 2.45) is 5.41 Å². The second-order valence-corrected chi connectivity index (χ2v) is 6.54. The molecule has 1 aromatic carbocycles.